The van der Waals surface area contributed by atoms with Gasteiger partial charge in [-0.15, -0.1) is 0 Å². The van der Waals surface area contributed by atoms with Crippen LogP contribution in [0.1, 0.15) is 11.7 Å². The van der Waals surface area contributed by atoms with Crippen LogP contribution >= 0.6 is 15.9 Å². The third kappa shape index (κ3) is 1.62. The molecule has 0 spiro atoms. The van der Waals surface area contributed by atoms with Crippen molar-refractivity contribution < 1.29 is 9.53 Å². The number of rotatable bonds is 1. The van der Waals surface area contributed by atoms with Gasteiger partial charge in [0.15, 0.2) is 0 Å². The van der Waals surface area contributed by atoms with Crippen molar-refractivity contribution in [3.8, 4) is 0 Å². The third-order valence-electron chi connectivity index (χ3n) is 2.25. The van der Waals surface area contributed by atoms with Crippen molar-refractivity contribution in [3.63, 3.8) is 0 Å². The summed E-state index contributed by atoms with van der Waals surface area (Å²) in [4.78, 5) is 12.7. The highest BCUT2D eigenvalue weighted by Crippen LogP contribution is 2.30. The lowest BCUT2D eigenvalue weighted by Gasteiger charge is -2.09. The fourth-order valence-corrected chi connectivity index (χ4v) is 2.01. The van der Waals surface area contributed by atoms with Crippen LogP contribution in [0.3, 0.4) is 0 Å². The molecule has 1 saturated heterocycles. The molecule has 3 nitrogen and oxygen atoms in total. The molecule has 1 amide bonds. The summed E-state index contributed by atoms with van der Waals surface area (Å²) in [5.74, 6) is 0. The van der Waals surface area contributed by atoms with Crippen molar-refractivity contribution in [1.29, 1.82) is 0 Å². The number of hydrogen-bond acceptors (Lipinski definition) is 2. The van der Waals surface area contributed by atoms with Gasteiger partial charge >= 0.3 is 6.09 Å². The fourth-order valence-electron chi connectivity index (χ4n) is 1.47. The van der Waals surface area contributed by atoms with E-state index in [9.17, 15) is 4.79 Å². The molecule has 4 heteroatoms. The zero-order valence-electron chi connectivity index (χ0n) is 7.74. The summed E-state index contributed by atoms with van der Waals surface area (Å²) in [6.45, 7) is 0.613. The van der Waals surface area contributed by atoms with E-state index in [-0.39, 0.29) is 12.2 Å². The molecular weight excluding hydrogens is 246 g/mol. The van der Waals surface area contributed by atoms with Crippen molar-refractivity contribution in [2.45, 2.75) is 6.10 Å². The van der Waals surface area contributed by atoms with Gasteiger partial charge in [0.1, 0.15) is 6.10 Å². The first kappa shape index (κ1) is 9.52. The summed E-state index contributed by atoms with van der Waals surface area (Å²) in [5.41, 5.74) is 1.02. The Balaban J connectivity index is 2.25. The Bertz CT molecular complexity index is 367. The number of hydrogen-bond donors (Lipinski definition) is 0. The molecule has 0 aliphatic carbocycles. The summed E-state index contributed by atoms with van der Waals surface area (Å²) < 4.78 is 6.18. The Morgan fingerprint density at radius 1 is 1.50 bits per heavy atom. The van der Waals surface area contributed by atoms with Gasteiger partial charge in [0.25, 0.3) is 0 Å². The second-order valence-corrected chi connectivity index (χ2v) is 4.13. The number of likely N-dealkylation sites (N-methyl/N-ethyl adjacent to an activating group) is 1. The zero-order valence-corrected chi connectivity index (χ0v) is 9.32. The van der Waals surface area contributed by atoms with E-state index in [2.05, 4.69) is 15.9 Å². The fraction of sp³-hybridized carbons (Fsp3) is 0.300. The van der Waals surface area contributed by atoms with Gasteiger partial charge in [0.05, 0.1) is 6.54 Å². The van der Waals surface area contributed by atoms with Crippen molar-refractivity contribution in [3.05, 3.63) is 34.3 Å². The maximum atomic E-state index is 11.2. The van der Waals surface area contributed by atoms with Crippen molar-refractivity contribution in [2.24, 2.45) is 0 Å². The van der Waals surface area contributed by atoms with E-state index in [4.69, 9.17) is 4.74 Å². The van der Waals surface area contributed by atoms with Crippen molar-refractivity contribution in [2.75, 3.05) is 13.6 Å². The van der Waals surface area contributed by atoms with E-state index in [0.717, 1.165) is 10.0 Å². The van der Waals surface area contributed by atoms with Crippen LogP contribution in [0.25, 0.3) is 0 Å². The molecule has 1 aromatic carbocycles. The summed E-state index contributed by atoms with van der Waals surface area (Å²) in [5, 5.41) is 0. The maximum Gasteiger partial charge on any atom is 0.410 e. The van der Waals surface area contributed by atoms with Crippen LogP contribution in [0.5, 0.6) is 0 Å². The minimum atomic E-state index is -0.259. The number of amides is 1. The number of halogens is 1. The lowest BCUT2D eigenvalue weighted by atomic mass is 10.1. The van der Waals surface area contributed by atoms with Crippen LogP contribution in [-0.2, 0) is 4.74 Å². The molecule has 1 aromatic rings. The maximum absolute atomic E-state index is 11.2. The van der Waals surface area contributed by atoms with E-state index < -0.39 is 0 Å². The highest BCUT2D eigenvalue weighted by molar-refractivity contribution is 9.10. The molecule has 0 aromatic heterocycles. The first-order valence-electron chi connectivity index (χ1n) is 4.34. The molecule has 14 heavy (non-hydrogen) atoms. The second-order valence-electron chi connectivity index (χ2n) is 3.27. The van der Waals surface area contributed by atoms with Gasteiger partial charge in [-0.05, 0) is 6.07 Å². The van der Waals surface area contributed by atoms with E-state index in [1.807, 2.05) is 24.3 Å². The molecule has 1 atom stereocenters. The number of carbonyl (C=O) groups is 1. The zero-order chi connectivity index (χ0) is 10.1. The van der Waals surface area contributed by atoms with E-state index in [1.165, 1.54) is 0 Å². The Kier molecular flexibility index (Phi) is 2.46. The minimum Gasteiger partial charge on any atom is -0.439 e. The van der Waals surface area contributed by atoms with E-state index in [1.54, 1.807) is 11.9 Å². The Morgan fingerprint density at radius 2 is 2.21 bits per heavy atom. The van der Waals surface area contributed by atoms with Crippen LogP contribution in [-0.4, -0.2) is 24.6 Å². The molecule has 1 aliphatic heterocycles. The monoisotopic (exact) mass is 255 g/mol. The van der Waals surface area contributed by atoms with Gasteiger partial charge < -0.3 is 9.64 Å². The predicted octanol–water partition coefficient (Wildman–Crippen LogP) is 2.57. The van der Waals surface area contributed by atoms with Gasteiger partial charge in [-0.3, -0.25) is 0 Å². The molecule has 1 fully saturated rings. The van der Waals surface area contributed by atoms with Gasteiger partial charge in [-0.25, -0.2) is 4.79 Å². The largest absolute Gasteiger partial charge is 0.439 e. The van der Waals surface area contributed by atoms with Crippen molar-refractivity contribution in [1.82, 2.24) is 4.90 Å². The number of benzene rings is 1. The average Bonchev–Trinajstić information content (AvgIpc) is 2.48. The number of carbonyl (C=O) groups excluding carboxylic acids is 1. The van der Waals surface area contributed by atoms with Crippen LogP contribution in [0.15, 0.2) is 28.7 Å². The number of nitrogens with zero attached hydrogens (tertiary/aromatic N) is 1. The van der Waals surface area contributed by atoms with E-state index in [0.29, 0.717) is 6.54 Å². The molecule has 0 radical (unpaired) electrons. The molecule has 1 heterocycles. The van der Waals surface area contributed by atoms with Crippen LogP contribution in [0.4, 0.5) is 4.79 Å². The topological polar surface area (TPSA) is 29.5 Å². The summed E-state index contributed by atoms with van der Waals surface area (Å²) in [6, 6.07) is 7.78. The highest BCUT2D eigenvalue weighted by atomic mass is 79.9. The SMILES string of the molecule is CN1C[C@@H](c2ccccc2Br)OC1=O. The third-order valence-corrected chi connectivity index (χ3v) is 2.97. The van der Waals surface area contributed by atoms with Crippen LogP contribution < -0.4 is 0 Å². The van der Waals surface area contributed by atoms with Gasteiger partial charge in [0, 0.05) is 17.1 Å². The Hall–Kier alpha value is -1.03. The van der Waals surface area contributed by atoms with Gasteiger partial charge in [-0.1, -0.05) is 34.1 Å². The minimum absolute atomic E-state index is 0.150. The van der Waals surface area contributed by atoms with Crippen molar-refractivity contribution >= 4 is 22.0 Å². The average molecular weight is 256 g/mol. The smallest absolute Gasteiger partial charge is 0.410 e. The lowest BCUT2D eigenvalue weighted by molar-refractivity contribution is 0.134. The molecule has 0 bridgehead atoms. The normalized spacial score (nSPS) is 21.1. The summed E-state index contributed by atoms with van der Waals surface area (Å²) in [6.07, 6.45) is -0.408. The number of ether oxygens (including phenoxy) is 1. The Morgan fingerprint density at radius 3 is 2.79 bits per heavy atom. The molecule has 0 N–H and O–H groups in total. The molecule has 74 valence electrons. The highest BCUT2D eigenvalue weighted by Gasteiger charge is 2.30. The quantitative estimate of drug-likeness (QED) is 0.772. The summed E-state index contributed by atoms with van der Waals surface area (Å²) in [7, 11) is 1.74. The first-order valence-corrected chi connectivity index (χ1v) is 5.14. The van der Waals surface area contributed by atoms with E-state index >= 15 is 0 Å². The summed E-state index contributed by atoms with van der Waals surface area (Å²) >= 11 is 3.44. The lowest BCUT2D eigenvalue weighted by Crippen LogP contribution is -2.17. The molecule has 2 rings (SSSR count). The number of cyclic esters (lactones) is 1. The Labute approximate surface area is 90.8 Å². The molecule has 0 saturated carbocycles. The predicted molar refractivity (Wildman–Crippen MR) is 56.0 cm³/mol. The molecular formula is C10H10BrNO2. The standard InChI is InChI=1S/C10H10BrNO2/c1-12-6-9(14-10(12)13)7-4-2-3-5-8(7)11/h2-5,9H,6H2,1H3/t9-/m0/s1. The van der Waals surface area contributed by atoms with Gasteiger partial charge in [0.2, 0.25) is 0 Å². The molecule has 1 aliphatic rings. The second kappa shape index (κ2) is 3.61. The van der Waals surface area contributed by atoms with Gasteiger partial charge in [-0.2, -0.15) is 0 Å². The van der Waals surface area contributed by atoms with Crippen LogP contribution in [0, 0.1) is 0 Å². The molecule has 0 unspecified atom stereocenters. The first-order chi connectivity index (χ1) is 6.68. The van der Waals surface area contributed by atoms with Crippen LogP contribution in [0.2, 0.25) is 0 Å².